The fourth-order valence-corrected chi connectivity index (χ4v) is 3.02. The molecule has 0 radical (unpaired) electrons. The van der Waals surface area contributed by atoms with E-state index in [0.717, 1.165) is 25.9 Å². The van der Waals surface area contributed by atoms with E-state index in [4.69, 9.17) is 10.2 Å². The largest absolute Gasteiger partial charge is 0.478 e. The van der Waals surface area contributed by atoms with Crippen LogP contribution in [0, 0.1) is 11.8 Å². The monoisotopic (exact) mass is 317 g/mol. The quantitative estimate of drug-likeness (QED) is 0.664. The topological polar surface area (TPSA) is 104 Å². The maximum Gasteiger partial charge on any atom is 0.328 e. The Balaban J connectivity index is 0.000000207. The molecule has 0 aromatic carbocycles. The Hall–Kier alpha value is -2.47. The molecule has 6 heteroatoms. The van der Waals surface area contributed by atoms with Gasteiger partial charge < -0.3 is 15.5 Å². The van der Waals surface area contributed by atoms with Gasteiger partial charge in [0.15, 0.2) is 0 Å². The van der Waals surface area contributed by atoms with Crippen LogP contribution in [0.3, 0.4) is 0 Å². The molecule has 6 nitrogen and oxygen atoms in total. The van der Waals surface area contributed by atoms with E-state index in [9.17, 15) is 14.4 Å². The highest BCUT2D eigenvalue weighted by molar-refractivity contribution is 5.90. The van der Waals surface area contributed by atoms with E-state index >= 15 is 0 Å². The number of allylic oxidation sites excluding steroid dienone is 5. The Kier molecular flexibility index (Phi) is 5.65. The number of Topliss-reactive ketones (excluding diaryl/α,β-unsaturated/α-hetero) is 1. The fraction of sp³-hybridized carbons (Fsp3) is 0.353. The highest BCUT2D eigenvalue weighted by Gasteiger charge is 2.34. The summed E-state index contributed by atoms with van der Waals surface area (Å²) in [6.45, 7) is 2.03. The molecule has 1 saturated heterocycles. The number of ketones is 1. The predicted octanol–water partition coefficient (Wildman–Crippen LogP) is 1.32. The van der Waals surface area contributed by atoms with Gasteiger partial charge in [-0.3, -0.25) is 4.79 Å². The highest BCUT2D eigenvalue weighted by Crippen LogP contribution is 2.37. The van der Waals surface area contributed by atoms with E-state index in [1.54, 1.807) is 0 Å². The Morgan fingerprint density at radius 2 is 1.87 bits per heavy atom. The first kappa shape index (κ1) is 16.9. The van der Waals surface area contributed by atoms with E-state index in [-0.39, 0.29) is 5.92 Å². The number of carbonyl (C=O) groups is 3. The number of fused-ring (bicyclic) bond motifs is 2. The number of rotatable bonds is 2. The molecule has 0 aromatic heterocycles. The molecular weight excluding hydrogens is 298 g/mol. The number of aliphatic carboxylic acids is 2. The zero-order chi connectivity index (χ0) is 16.8. The van der Waals surface area contributed by atoms with Crippen LogP contribution in [-0.2, 0) is 14.4 Å². The van der Waals surface area contributed by atoms with Crippen LogP contribution in [0.2, 0.25) is 0 Å². The summed E-state index contributed by atoms with van der Waals surface area (Å²) < 4.78 is 0. The van der Waals surface area contributed by atoms with Crippen molar-refractivity contribution >= 4 is 17.7 Å². The Bertz CT molecular complexity index is 611. The molecule has 2 aliphatic carbocycles. The molecule has 1 aliphatic heterocycles. The number of hydrogen-bond donors (Lipinski definition) is 3. The zero-order valence-electron chi connectivity index (χ0n) is 12.6. The molecule has 2 unspecified atom stereocenters. The summed E-state index contributed by atoms with van der Waals surface area (Å²) in [6, 6.07) is 0. The summed E-state index contributed by atoms with van der Waals surface area (Å²) in [7, 11) is 0. The third-order valence-corrected chi connectivity index (χ3v) is 4.04. The molecule has 0 bridgehead atoms. The molecule has 23 heavy (non-hydrogen) atoms. The molecule has 0 aromatic rings. The van der Waals surface area contributed by atoms with Gasteiger partial charge in [0.2, 0.25) is 0 Å². The van der Waals surface area contributed by atoms with Gasteiger partial charge in [0.05, 0.1) is 5.92 Å². The molecule has 0 spiro atoms. The van der Waals surface area contributed by atoms with Crippen LogP contribution in [0.4, 0.5) is 0 Å². The molecule has 2 atom stereocenters. The minimum atomic E-state index is -1.26. The fourth-order valence-electron chi connectivity index (χ4n) is 3.02. The zero-order valence-corrected chi connectivity index (χ0v) is 12.6. The molecule has 0 amide bonds. The van der Waals surface area contributed by atoms with Gasteiger partial charge in [0.1, 0.15) is 5.78 Å². The summed E-state index contributed by atoms with van der Waals surface area (Å²) in [4.78, 5) is 31.1. The second-order valence-electron chi connectivity index (χ2n) is 5.54. The van der Waals surface area contributed by atoms with Crippen molar-refractivity contribution in [1.29, 1.82) is 0 Å². The number of carbonyl (C=O) groups excluding carboxylic acids is 1. The van der Waals surface area contributed by atoms with Gasteiger partial charge >= 0.3 is 11.9 Å². The van der Waals surface area contributed by atoms with Crippen LogP contribution >= 0.6 is 0 Å². The van der Waals surface area contributed by atoms with Crippen LogP contribution < -0.4 is 5.32 Å². The smallest absolute Gasteiger partial charge is 0.328 e. The minimum Gasteiger partial charge on any atom is -0.478 e. The predicted molar refractivity (Wildman–Crippen MR) is 83.8 cm³/mol. The van der Waals surface area contributed by atoms with Crippen molar-refractivity contribution < 1.29 is 24.6 Å². The number of carboxylic acids is 2. The van der Waals surface area contributed by atoms with Crippen molar-refractivity contribution in [3.8, 4) is 0 Å². The summed E-state index contributed by atoms with van der Waals surface area (Å²) in [5, 5.41) is 19.0. The molecule has 1 fully saturated rings. The van der Waals surface area contributed by atoms with Crippen molar-refractivity contribution in [1.82, 2.24) is 5.32 Å². The van der Waals surface area contributed by atoms with Gasteiger partial charge in [-0.2, -0.15) is 0 Å². The van der Waals surface area contributed by atoms with E-state index in [1.807, 2.05) is 18.2 Å². The Labute approximate surface area is 133 Å². The van der Waals surface area contributed by atoms with Gasteiger partial charge in [0, 0.05) is 25.1 Å². The highest BCUT2D eigenvalue weighted by atomic mass is 16.4. The molecule has 122 valence electrons. The van der Waals surface area contributed by atoms with Crippen molar-refractivity contribution in [3.05, 3.63) is 47.6 Å². The normalized spacial score (nSPS) is 25.5. The molecule has 3 rings (SSSR count). The number of carboxylic acid groups (broad SMARTS) is 2. The molecule has 3 N–H and O–H groups in total. The second kappa shape index (κ2) is 7.69. The lowest BCUT2D eigenvalue weighted by atomic mass is 9.72. The van der Waals surface area contributed by atoms with Crippen LogP contribution in [0.1, 0.15) is 12.8 Å². The first-order chi connectivity index (χ1) is 11.0. The van der Waals surface area contributed by atoms with E-state index < -0.39 is 11.9 Å². The number of nitrogens with one attached hydrogen (secondary N) is 1. The lowest BCUT2D eigenvalue weighted by Crippen LogP contribution is -2.37. The number of piperidine rings is 1. The maximum atomic E-state index is 11.9. The van der Waals surface area contributed by atoms with Crippen LogP contribution in [0.25, 0.3) is 0 Å². The molecule has 1 heterocycles. The lowest BCUT2D eigenvalue weighted by Gasteiger charge is -2.35. The van der Waals surface area contributed by atoms with Gasteiger partial charge in [-0.15, -0.1) is 0 Å². The van der Waals surface area contributed by atoms with E-state index in [1.165, 1.54) is 11.1 Å². The summed E-state index contributed by atoms with van der Waals surface area (Å²) >= 11 is 0. The van der Waals surface area contributed by atoms with E-state index in [0.29, 0.717) is 23.9 Å². The average Bonchev–Trinajstić information content (AvgIpc) is 2.54. The first-order valence-electron chi connectivity index (χ1n) is 7.44. The van der Waals surface area contributed by atoms with Gasteiger partial charge in [-0.25, -0.2) is 9.59 Å². The standard InChI is InChI=1S/C13H15NO.C4H4O4/c15-13-7-9-5-6-14-8-12(9)10-3-1-2-4-11(10)13;5-3(6)1-2-4(7)8/h1-4,9,11,14H,5-8H2;1-2H,(H,5,6)(H,7,8)/b;2-1+. The first-order valence-corrected chi connectivity index (χ1v) is 7.44. The number of hydrogen-bond acceptors (Lipinski definition) is 4. The van der Waals surface area contributed by atoms with Crippen LogP contribution in [-0.4, -0.2) is 41.0 Å². The molecular formula is C17H19NO5. The SMILES string of the molecule is O=C(O)/C=C/C(=O)O.O=C1CC2CCNCC2=C2C=CC=CC12. The van der Waals surface area contributed by atoms with E-state index in [2.05, 4.69) is 11.4 Å². The van der Waals surface area contributed by atoms with Gasteiger partial charge in [-0.1, -0.05) is 24.3 Å². The third-order valence-electron chi connectivity index (χ3n) is 4.04. The van der Waals surface area contributed by atoms with Crippen molar-refractivity contribution in [3.63, 3.8) is 0 Å². The van der Waals surface area contributed by atoms with Crippen molar-refractivity contribution in [2.45, 2.75) is 12.8 Å². The summed E-state index contributed by atoms with van der Waals surface area (Å²) in [5.74, 6) is -1.54. The lowest BCUT2D eigenvalue weighted by molar-refractivity contribution is -0.134. The van der Waals surface area contributed by atoms with Gasteiger partial charge in [0.25, 0.3) is 0 Å². The third kappa shape index (κ3) is 4.50. The molecule has 0 saturated carbocycles. The molecule has 3 aliphatic rings. The van der Waals surface area contributed by atoms with Crippen molar-refractivity contribution in [2.75, 3.05) is 13.1 Å². The van der Waals surface area contributed by atoms with Gasteiger partial charge in [-0.05, 0) is 30.0 Å². The average molecular weight is 317 g/mol. The Morgan fingerprint density at radius 3 is 2.52 bits per heavy atom. The van der Waals surface area contributed by atoms with Crippen molar-refractivity contribution in [2.24, 2.45) is 11.8 Å². The minimum absolute atomic E-state index is 0.0566. The Morgan fingerprint density at radius 1 is 1.17 bits per heavy atom. The second-order valence-corrected chi connectivity index (χ2v) is 5.54. The van der Waals surface area contributed by atoms with Crippen LogP contribution in [0.5, 0.6) is 0 Å². The summed E-state index contributed by atoms with van der Waals surface area (Å²) in [5.41, 5.74) is 2.75. The summed E-state index contributed by atoms with van der Waals surface area (Å²) in [6.07, 6.45) is 11.2. The maximum absolute atomic E-state index is 11.9. The van der Waals surface area contributed by atoms with Crippen LogP contribution in [0.15, 0.2) is 47.6 Å².